The van der Waals surface area contributed by atoms with Crippen molar-refractivity contribution >= 4 is 56.0 Å². The summed E-state index contributed by atoms with van der Waals surface area (Å²) < 4.78 is 21.7. The number of hydrogen-bond donors (Lipinski definition) is 2. The molecule has 0 saturated carbocycles. The van der Waals surface area contributed by atoms with Crippen LogP contribution in [0, 0.1) is 5.41 Å². The quantitative estimate of drug-likeness (QED) is 0.133. The van der Waals surface area contributed by atoms with Crippen molar-refractivity contribution in [3.8, 4) is 45.1 Å². The predicted molar refractivity (Wildman–Crippen MR) is 256 cm³/mol. The molecule has 8 nitrogen and oxygen atoms in total. The summed E-state index contributed by atoms with van der Waals surface area (Å²) in [7, 11) is 0. The summed E-state index contributed by atoms with van der Waals surface area (Å²) in [5, 5.41) is 26.9. The molecule has 8 aromatic carbocycles. The molecule has 314 valence electrons. The molecule has 64 heavy (non-hydrogen) atoms. The fourth-order valence-electron chi connectivity index (χ4n) is 8.50. The average Bonchev–Trinajstić information content (AvgIpc) is 3.83. The molecule has 0 amide bonds. The van der Waals surface area contributed by atoms with Gasteiger partial charge in [0.05, 0.1) is 22.1 Å². The average molecular weight is 1010 g/mol. The Kier molecular flexibility index (Phi) is 11.9. The van der Waals surface area contributed by atoms with Crippen LogP contribution in [0.15, 0.2) is 192 Å². The number of phenolic OH excluding ortho intramolecular Hbond substituents is 2. The maximum absolute atomic E-state index is 11.0. The number of aromatic nitrogens is 2. The molecule has 9 heteroatoms. The first-order valence-electron chi connectivity index (χ1n) is 21.0. The van der Waals surface area contributed by atoms with Crippen molar-refractivity contribution in [1.82, 2.24) is 9.13 Å². The first-order chi connectivity index (χ1) is 31.2. The molecule has 2 N–H and O–H groups in total. The summed E-state index contributed by atoms with van der Waals surface area (Å²) in [6, 6.07) is 62.4. The number of hydrogen-bond acceptors (Lipinski definition) is 6. The van der Waals surface area contributed by atoms with Crippen LogP contribution in [0.1, 0.15) is 25.0 Å². The van der Waals surface area contributed by atoms with Gasteiger partial charge in [0.15, 0.2) is 0 Å². The topological polar surface area (TPSA) is 109 Å². The van der Waals surface area contributed by atoms with E-state index in [1.54, 1.807) is 24.6 Å². The Morgan fingerprint density at radius 2 is 0.750 bits per heavy atom. The summed E-state index contributed by atoms with van der Waals surface area (Å²) in [5.74, 6) is 0.364. The zero-order valence-electron chi connectivity index (χ0n) is 35.3. The minimum atomic E-state index is -2.25. The van der Waals surface area contributed by atoms with E-state index in [9.17, 15) is 10.2 Å². The SMILES string of the molecule is CC(C)(CN=Cc1ccc(-c2ccc(-n3c4ccccc4c4ccccc43)cc2)cc1O)CN=Cc1ccc(-c2ccc(-n3c4ccccc4c4ccccc43)cc2)cc1O.[O]=[W]=[O]. The van der Waals surface area contributed by atoms with Crippen molar-refractivity contribution in [1.29, 1.82) is 0 Å². The van der Waals surface area contributed by atoms with Gasteiger partial charge in [0.2, 0.25) is 0 Å². The van der Waals surface area contributed by atoms with Gasteiger partial charge in [-0.15, -0.1) is 0 Å². The predicted octanol–water partition coefficient (Wildman–Crippen LogP) is 13.0. The number of rotatable bonds is 10. The fourth-order valence-corrected chi connectivity index (χ4v) is 8.50. The van der Waals surface area contributed by atoms with Crippen LogP contribution in [0.4, 0.5) is 0 Å². The number of aliphatic imine (C=N–C) groups is 2. The monoisotopic (exact) mass is 1010 g/mol. The molecular formula is C55H44N4O4W. The first kappa shape index (κ1) is 41.9. The molecule has 0 aliphatic rings. The Hall–Kier alpha value is -7.41. The van der Waals surface area contributed by atoms with Gasteiger partial charge in [0.25, 0.3) is 0 Å². The Morgan fingerprint density at radius 1 is 0.453 bits per heavy atom. The zero-order valence-corrected chi connectivity index (χ0v) is 38.2. The second-order valence-corrected chi connectivity index (χ2v) is 17.0. The number of phenols is 2. The Morgan fingerprint density at radius 3 is 1.06 bits per heavy atom. The Labute approximate surface area is 379 Å². The molecule has 2 heterocycles. The molecule has 0 fully saturated rings. The van der Waals surface area contributed by atoms with Crippen LogP contribution in [-0.2, 0) is 25.3 Å². The van der Waals surface area contributed by atoms with E-state index >= 15 is 0 Å². The van der Waals surface area contributed by atoms with Gasteiger partial charge in [-0.25, -0.2) is 0 Å². The van der Waals surface area contributed by atoms with E-state index in [2.05, 4.69) is 169 Å². The zero-order chi connectivity index (χ0) is 44.2. The second kappa shape index (κ2) is 18.1. The van der Waals surface area contributed by atoms with E-state index in [4.69, 9.17) is 16.8 Å². The van der Waals surface area contributed by atoms with Gasteiger partial charge < -0.3 is 19.3 Å². The van der Waals surface area contributed by atoms with Gasteiger partial charge >= 0.3 is 25.3 Å². The number of aromatic hydroxyl groups is 2. The Bertz CT molecular complexity index is 3090. The van der Waals surface area contributed by atoms with Crippen LogP contribution in [0.3, 0.4) is 0 Å². The van der Waals surface area contributed by atoms with Crippen molar-refractivity contribution in [3.63, 3.8) is 0 Å². The molecule has 0 bridgehead atoms. The molecule has 0 saturated heterocycles. The number of para-hydroxylation sites is 4. The van der Waals surface area contributed by atoms with Crippen LogP contribution in [0.5, 0.6) is 11.5 Å². The fraction of sp³-hybridized carbons (Fsp3) is 0.0909. The van der Waals surface area contributed by atoms with E-state index in [-0.39, 0.29) is 16.9 Å². The number of fused-ring (bicyclic) bond motifs is 6. The van der Waals surface area contributed by atoms with E-state index in [0.29, 0.717) is 24.2 Å². The van der Waals surface area contributed by atoms with Gasteiger partial charge in [0.1, 0.15) is 11.5 Å². The van der Waals surface area contributed by atoms with Crippen LogP contribution in [-0.4, -0.2) is 44.9 Å². The molecular weight excluding hydrogens is 964 g/mol. The molecule has 0 radical (unpaired) electrons. The maximum atomic E-state index is 11.0. The van der Waals surface area contributed by atoms with E-state index in [1.807, 2.05) is 24.3 Å². The summed E-state index contributed by atoms with van der Waals surface area (Å²) in [5.41, 5.74) is 11.9. The minimum absolute atomic E-state index is 0.182. The van der Waals surface area contributed by atoms with Crippen molar-refractivity contribution in [2.24, 2.45) is 15.4 Å². The van der Waals surface area contributed by atoms with Gasteiger partial charge in [-0.3, -0.25) is 9.98 Å². The molecule has 10 rings (SSSR count). The second-order valence-electron chi connectivity index (χ2n) is 16.6. The normalized spacial score (nSPS) is 11.8. The van der Waals surface area contributed by atoms with Gasteiger partial charge in [-0.05, 0) is 95.1 Å². The molecule has 10 aromatic rings. The first-order valence-corrected chi connectivity index (χ1v) is 23.4. The van der Waals surface area contributed by atoms with Gasteiger partial charge in [0, 0.05) is 75.0 Å². The van der Waals surface area contributed by atoms with Crippen LogP contribution < -0.4 is 0 Å². The van der Waals surface area contributed by atoms with Crippen LogP contribution in [0.2, 0.25) is 0 Å². The summed E-state index contributed by atoms with van der Waals surface area (Å²) in [6.07, 6.45) is 3.46. The Balaban J connectivity index is 0.00000168. The third kappa shape index (κ3) is 8.40. The summed E-state index contributed by atoms with van der Waals surface area (Å²) in [4.78, 5) is 9.39. The number of nitrogens with zero attached hydrogens (tertiary/aromatic N) is 4. The molecule has 2 aromatic heterocycles. The van der Waals surface area contributed by atoms with Crippen molar-refractivity contribution in [3.05, 3.63) is 193 Å². The molecule has 0 unspecified atom stereocenters. The standard InChI is InChI=1S/C55H44N4O2.2O.W/c1-55(2,35-56-33-41-21-19-39(31-53(41)60)37-23-27-43(28-24-37)58-49-15-7-3-11-45(49)46-12-4-8-16-50(46)58)36-57-34-42-22-20-40(32-54(42)61)38-25-29-44(30-26-38)59-51-17-9-5-13-47(51)48-14-6-10-18-52(48)59;;;/h3-34,60-61H,35-36H2,1-2H3;;;. The third-order valence-electron chi connectivity index (χ3n) is 11.6. The number of benzene rings is 8. The van der Waals surface area contributed by atoms with E-state index in [0.717, 1.165) is 33.6 Å². The third-order valence-corrected chi connectivity index (χ3v) is 11.6. The van der Waals surface area contributed by atoms with Crippen molar-refractivity contribution < 1.29 is 35.5 Å². The molecule has 0 spiro atoms. The van der Waals surface area contributed by atoms with Crippen molar-refractivity contribution in [2.75, 3.05) is 13.1 Å². The molecule has 0 aliphatic heterocycles. The van der Waals surface area contributed by atoms with E-state index in [1.165, 1.54) is 43.6 Å². The molecule has 0 atom stereocenters. The van der Waals surface area contributed by atoms with Crippen LogP contribution in [0.25, 0.3) is 77.2 Å². The van der Waals surface area contributed by atoms with Crippen molar-refractivity contribution in [2.45, 2.75) is 13.8 Å². The summed E-state index contributed by atoms with van der Waals surface area (Å²) >= 11 is -2.25. The van der Waals surface area contributed by atoms with E-state index < -0.39 is 18.5 Å². The van der Waals surface area contributed by atoms with Gasteiger partial charge in [-0.1, -0.05) is 123 Å². The molecule has 0 aliphatic carbocycles. The van der Waals surface area contributed by atoms with Gasteiger partial charge in [-0.2, -0.15) is 0 Å². The summed E-state index contributed by atoms with van der Waals surface area (Å²) in [6.45, 7) is 5.26. The van der Waals surface area contributed by atoms with Crippen LogP contribution >= 0.6 is 0 Å².